The summed E-state index contributed by atoms with van der Waals surface area (Å²) in [5.74, 6) is 0.237. The molecular weight excluding hydrogens is 328 g/mol. The van der Waals surface area contributed by atoms with Gasteiger partial charge in [-0.25, -0.2) is 0 Å². The van der Waals surface area contributed by atoms with E-state index < -0.39 is 0 Å². The number of nitrogens with zero attached hydrogens (tertiary/aromatic N) is 1. The van der Waals surface area contributed by atoms with Crippen LogP contribution in [0.1, 0.15) is 51.1 Å². The number of benzene rings is 1. The molecule has 1 amide bonds. The highest BCUT2D eigenvalue weighted by Crippen LogP contribution is 2.18. The quantitative estimate of drug-likeness (QED) is 0.891. The Hall–Kier alpha value is -0.870. The van der Waals surface area contributed by atoms with Gasteiger partial charge in [-0.05, 0) is 44.4 Å². The average Bonchev–Trinajstić information content (AvgIpc) is 2.76. The average molecular weight is 353 g/mol. The Morgan fingerprint density at radius 2 is 1.67 bits per heavy atom. The van der Waals surface area contributed by atoms with Crippen LogP contribution in [0.15, 0.2) is 28.7 Å². The van der Waals surface area contributed by atoms with Crippen molar-refractivity contribution in [1.82, 2.24) is 10.2 Å². The molecule has 0 spiro atoms. The molecule has 4 heteroatoms. The first-order chi connectivity index (χ1) is 10.1. The van der Waals surface area contributed by atoms with E-state index >= 15 is 0 Å². The van der Waals surface area contributed by atoms with Crippen LogP contribution in [0, 0.1) is 0 Å². The third-order valence-electron chi connectivity index (χ3n) is 4.16. The second-order valence-electron chi connectivity index (χ2n) is 5.90. The van der Waals surface area contributed by atoms with Crippen molar-refractivity contribution in [2.75, 3.05) is 13.1 Å². The van der Waals surface area contributed by atoms with Crippen molar-refractivity contribution in [3.8, 4) is 0 Å². The van der Waals surface area contributed by atoms with Gasteiger partial charge in [-0.2, -0.15) is 0 Å². The summed E-state index contributed by atoms with van der Waals surface area (Å²) in [6.07, 6.45) is 4.78. The smallest absolute Gasteiger partial charge is 0.239 e. The molecule has 1 aromatic rings. The lowest BCUT2D eigenvalue weighted by Crippen LogP contribution is -2.45. The van der Waals surface area contributed by atoms with Gasteiger partial charge in [-0.3, -0.25) is 10.1 Å². The molecule has 0 bridgehead atoms. The van der Waals surface area contributed by atoms with Crippen molar-refractivity contribution in [2.24, 2.45) is 0 Å². The SMILES string of the molecule is CC(N[C@@H](C)c1ccc(Br)cc1)C(=O)N1CCCCCC1. The van der Waals surface area contributed by atoms with E-state index in [1.54, 1.807) is 0 Å². The number of halogens is 1. The number of nitrogens with one attached hydrogen (secondary N) is 1. The van der Waals surface area contributed by atoms with E-state index in [0.717, 1.165) is 30.4 Å². The predicted molar refractivity (Wildman–Crippen MR) is 90.2 cm³/mol. The van der Waals surface area contributed by atoms with Crippen LogP contribution in [-0.2, 0) is 4.79 Å². The molecule has 0 saturated carbocycles. The maximum absolute atomic E-state index is 12.5. The van der Waals surface area contributed by atoms with Gasteiger partial charge in [0.15, 0.2) is 0 Å². The third kappa shape index (κ3) is 4.82. The summed E-state index contributed by atoms with van der Waals surface area (Å²) in [6, 6.07) is 8.28. The molecule has 1 saturated heterocycles. The molecular formula is C17H25BrN2O. The number of rotatable bonds is 4. The third-order valence-corrected chi connectivity index (χ3v) is 4.69. The summed E-state index contributed by atoms with van der Waals surface area (Å²) in [6.45, 7) is 5.91. The van der Waals surface area contributed by atoms with Gasteiger partial charge in [0.1, 0.15) is 0 Å². The van der Waals surface area contributed by atoms with Crippen molar-refractivity contribution in [3.05, 3.63) is 34.3 Å². The highest BCUT2D eigenvalue weighted by Gasteiger charge is 2.22. The van der Waals surface area contributed by atoms with Crippen molar-refractivity contribution >= 4 is 21.8 Å². The lowest BCUT2D eigenvalue weighted by molar-refractivity contribution is -0.133. The molecule has 2 atom stereocenters. The van der Waals surface area contributed by atoms with E-state index in [4.69, 9.17) is 0 Å². The van der Waals surface area contributed by atoms with Gasteiger partial charge in [-0.1, -0.05) is 40.9 Å². The van der Waals surface area contributed by atoms with Crippen LogP contribution in [0.2, 0.25) is 0 Å². The molecule has 1 aliphatic heterocycles. The highest BCUT2D eigenvalue weighted by molar-refractivity contribution is 9.10. The summed E-state index contributed by atoms with van der Waals surface area (Å²) in [5.41, 5.74) is 1.20. The largest absolute Gasteiger partial charge is 0.341 e. The molecule has 2 rings (SSSR count). The zero-order valence-corrected chi connectivity index (χ0v) is 14.5. The highest BCUT2D eigenvalue weighted by atomic mass is 79.9. The van der Waals surface area contributed by atoms with E-state index in [9.17, 15) is 4.79 Å². The minimum absolute atomic E-state index is 0.137. The number of carbonyl (C=O) groups excluding carboxylic acids is 1. The summed E-state index contributed by atoms with van der Waals surface area (Å²) in [7, 11) is 0. The molecule has 116 valence electrons. The van der Waals surface area contributed by atoms with Crippen molar-refractivity contribution in [1.29, 1.82) is 0 Å². The fourth-order valence-corrected chi connectivity index (χ4v) is 3.12. The van der Waals surface area contributed by atoms with Gasteiger partial charge in [0.25, 0.3) is 0 Å². The zero-order chi connectivity index (χ0) is 15.2. The van der Waals surface area contributed by atoms with Crippen LogP contribution >= 0.6 is 15.9 Å². The van der Waals surface area contributed by atoms with Crippen LogP contribution in [0.4, 0.5) is 0 Å². The van der Waals surface area contributed by atoms with E-state index in [0.29, 0.717) is 0 Å². The molecule has 0 radical (unpaired) electrons. The summed E-state index contributed by atoms with van der Waals surface area (Å²) in [5, 5.41) is 3.43. The molecule has 1 fully saturated rings. The van der Waals surface area contributed by atoms with Gasteiger partial charge in [0, 0.05) is 23.6 Å². The number of hydrogen-bond donors (Lipinski definition) is 1. The van der Waals surface area contributed by atoms with E-state index in [1.165, 1.54) is 18.4 Å². The second kappa shape index (κ2) is 7.95. The molecule has 1 aromatic carbocycles. The first-order valence-corrected chi connectivity index (χ1v) is 8.67. The second-order valence-corrected chi connectivity index (χ2v) is 6.82. The topological polar surface area (TPSA) is 32.3 Å². The molecule has 0 aromatic heterocycles. The standard InChI is InChI=1S/C17H25BrN2O/c1-13(15-7-9-16(18)10-8-15)19-14(2)17(21)20-11-5-3-4-6-12-20/h7-10,13-14,19H,3-6,11-12H2,1-2H3/t13-,14?/m0/s1. The van der Waals surface area contributed by atoms with Crippen LogP contribution in [0.5, 0.6) is 0 Å². The minimum Gasteiger partial charge on any atom is -0.341 e. The van der Waals surface area contributed by atoms with Gasteiger partial charge < -0.3 is 4.90 Å². The first-order valence-electron chi connectivity index (χ1n) is 7.88. The van der Waals surface area contributed by atoms with Crippen LogP contribution in [0.25, 0.3) is 0 Å². The zero-order valence-electron chi connectivity index (χ0n) is 12.9. The van der Waals surface area contributed by atoms with E-state index in [1.807, 2.05) is 24.0 Å². The minimum atomic E-state index is -0.137. The number of carbonyl (C=O) groups is 1. The predicted octanol–water partition coefficient (Wildman–Crippen LogP) is 3.89. The lowest BCUT2D eigenvalue weighted by Gasteiger charge is -2.27. The fraction of sp³-hybridized carbons (Fsp3) is 0.588. The van der Waals surface area contributed by atoms with Crippen LogP contribution in [-0.4, -0.2) is 29.9 Å². The van der Waals surface area contributed by atoms with Crippen LogP contribution < -0.4 is 5.32 Å². The molecule has 0 aliphatic carbocycles. The van der Waals surface area contributed by atoms with Crippen LogP contribution in [0.3, 0.4) is 0 Å². The Labute approximate surface area is 136 Å². The Kier molecular flexibility index (Phi) is 6.24. The van der Waals surface area contributed by atoms with Crippen molar-refractivity contribution in [2.45, 2.75) is 51.6 Å². The van der Waals surface area contributed by atoms with Crippen molar-refractivity contribution < 1.29 is 4.79 Å². The van der Waals surface area contributed by atoms with Gasteiger partial charge >= 0.3 is 0 Å². The molecule has 1 heterocycles. The number of amides is 1. The summed E-state index contributed by atoms with van der Waals surface area (Å²) in [4.78, 5) is 14.6. The Balaban J connectivity index is 1.91. The Bertz CT molecular complexity index is 452. The van der Waals surface area contributed by atoms with Gasteiger partial charge in [0.2, 0.25) is 5.91 Å². The maximum atomic E-state index is 12.5. The van der Waals surface area contributed by atoms with Gasteiger partial charge in [-0.15, -0.1) is 0 Å². The lowest BCUT2D eigenvalue weighted by atomic mass is 10.1. The summed E-state index contributed by atoms with van der Waals surface area (Å²) >= 11 is 3.45. The van der Waals surface area contributed by atoms with Crippen molar-refractivity contribution in [3.63, 3.8) is 0 Å². The molecule has 21 heavy (non-hydrogen) atoms. The number of likely N-dealkylation sites (tertiary alicyclic amines) is 1. The normalized spacial score (nSPS) is 18.9. The first kappa shape index (κ1) is 16.5. The fourth-order valence-electron chi connectivity index (χ4n) is 2.86. The van der Waals surface area contributed by atoms with E-state index in [-0.39, 0.29) is 18.0 Å². The molecule has 1 N–H and O–H groups in total. The maximum Gasteiger partial charge on any atom is 0.239 e. The molecule has 3 nitrogen and oxygen atoms in total. The molecule has 1 aliphatic rings. The van der Waals surface area contributed by atoms with Gasteiger partial charge in [0.05, 0.1) is 6.04 Å². The summed E-state index contributed by atoms with van der Waals surface area (Å²) < 4.78 is 1.08. The monoisotopic (exact) mass is 352 g/mol. The van der Waals surface area contributed by atoms with E-state index in [2.05, 4.69) is 40.3 Å². The molecule has 1 unspecified atom stereocenters. The number of hydrogen-bond acceptors (Lipinski definition) is 2. The Morgan fingerprint density at radius 3 is 2.24 bits per heavy atom. The Morgan fingerprint density at radius 1 is 1.10 bits per heavy atom.